The first-order chi connectivity index (χ1) is 18.7. The molecule has 0 fully saturated rings. The van der Waals surface area contributed by atoms with Crippen molar-refractivity contribution < 1.29 is 22.4 Å². The molecule has 0 amide bonds. The lowest BCUT2D eigenvalue weighted by Gasteiger charge is -2.20. The topological polar surface area (TPSA) is 89.8 Å². The number of halogens is 3. The Hall–Kier alpha value is -4.75. The summed E-state index contributed by atoms with van der Waals surface area (Å²) in [4.78, 5) is 8.45. The lowest BCUT2D eigenvalue weighted by molar-refractivity contribution is -0.137. The zero-order valence-corrected chi connectivity index (χ0v) is 21.0. The van der Waals surface area contributed by atoms with Gasteiger partial charge >= 0.3 is 6.18 Å². The number of alkyl halides is 3. The number of imidazole rings is 1. The molecule has 0 spiro atoms. The maximum atomic E-state index is 13.1. The van der Waals surface area contributed by atoms with Crippen LogP contribution in [0.2, 0.25) is 0 Å². The van der Waals surface area contributed by atoms with E-state index in [1.807, 2.05) is 54.9 Å². The maximum Gasteiger partial charge on any atom is 0.416 e. The molecule has 0 bridgehead atoms. The van der Waals surface area contributed by atoms with Gasteiger partial charge in [0.25, 0.3) is 5.89 Å². The Labute approximate surface area is 222 Å². The molecule has 5 aromatic rings. The molecule has 1 atom stereocenters. The smallest absolute Gasteiger partial charge is 0.359 e. The van der Waals surface area contributed by atoms with Crippen molar-refractivity contribution in [2.45, 2.75) is 25.8 Å². The van der Waals surface area contributed by atoms with Gasteiger partial charge in [-0.15, -0.1) is 0 Å². The average Bonchev–Trinajstić information content (AvgIpc) is 3.58. The van der Waals surface area contributed by atoms with Crippen molar-refractivity contribution in [2.24, 2.45) is 7.05 Å². The fourth-order valence-electron chi connectivity index (χ4n) is 4.31. The zero-order chi connectivity index (χ0) is 27.6. The molecule has 7 nitrogen and oxygen atoms in total. The Morgan fingerprint density at radius 2 is 1.87 bits per heavy atom. The standard InChI is InChI=1S/C29H22F3N5O2/c1-18-6-3-4-9-23(18)24-13-19(10-11-21(24)14-33)27(25-15-34-17-37(25)2)38-16-26-35-28(39-36-26)20-7-5-8-22(12-20)29(30,31)32/h3-13,15,17,27H,16H2,1-2H3. The van der Waals surface area contributed by atoms with Crippen molar-refractivity contribution in [3.05, 3.63) is 113 Å². The largest absolute Gasteiger partial charge is 0.416 e. The first-order valence-corrected chi connectivity index (χ1v) is 11.9. The van der Waals surface area contributed by atoms with E-state index >= 15 is 0 Å². The molecule has 0 aliphatic rings. The maximum absolute atomic E-state index is 13.1. The summed E-state index contributed by atoms with van der Waals surface area (Å²) >= 11 is 0. The molecule has 196 valence electrons. The second-order valence-corrected chi connectivity index (χ2v) is 8.95. The fraction of sp³-hybridized carbons (Fsp3) is 0.172. The number of rotatable bonds is 7. The third-order valence-corrected chi connectivity index (χ3v) is 6.31. The highest BCUT2D eigenvalue weighted by molar-refractivity contribution is 5.74. The average molecular weight is 530 g/mol. The lowest BCUT2D eigenvalue weighted by atomic mass is 9.93. The van der Waals surface area contributed by atoms with Gasteiger partial charge in [0, 0.05) is 18.2 Å². The van der Waals surface area contributed by atoms with Crippen LogP contribution >= 0.6 is 0 Å². The van der Waals surface area contributed by atoms with Gasteiger partial charge in [0.1, 0.15) is 12.7 Å². The van der Waals surface area contributed by atoms with E-state index in [1.165, 1.54) is 12.1 Å². The van der Waals surface area contributed by atoms with E-state index in [-0.39, 0.29) is 23.9 Å². The molecule has 0 saturated heterocycles. The summed E-state index contributed by atoms with van der Waals surface area (Å²) in [6.45, 7) is 1.90. The summed E-state index contributed by atoms with van der Waals surface area (Å²) in [6, 6.07) is 20.3. The number of nitriles is 1. The number of aryl methyl sites for hydroxylation is 2. The Kier molecular flexibility index (Phi) is 7.00. The quantitative estimate of drug-likeness (QED) is 0.235. The van der Waals surface area contributed by atoms with Gasteiger partial charge in [0.15, 0.2) is 5.82 Å². The van der Waals surface area contributed by atoms with Crippen LogP contribution in [0, 0.1) is 18.3 Å². The van der Waals surface area contributed by atoms with Crippen LogP contribution in [0.5, 0.6) is 0 Å². The predicted octanol–water partition coefficient (Wildman–Crippen LogP) is 6.64. The zero-order valence-electron chi connectivity index (χ0n) is 21.0. The van der Waals surface area contributed by atoms with Crippen molar-refractivity contribution >= 4 is 0 Å². The van der Waals surface area contributed by atoms with Crippen LogP contribution < -0.4 is 0 Å². The van der Waals surface area contributed by atoms with Gasteiger partial charge in [0.2, 0.25) is 0 Å². The van der Waals surface area contributed by atoms with Gasteiger partial charge in [-0.25, -0.2) is 4.98 Å². The predicted molar refractivity (Wildman–Crippen MR) is 136 cm³/mol. The van der Waals surface area contributed by atoms with Crippen LogP contribution in [0.25, 0.3) is 22.6 Å². The normalized spacial score (nSPS) is 12.3. The molecule has 0 aliphatic heterocycles. The van der Waals surface area contributed by atoms with Crippen LogP contribution in [-0.4, -0.2) is 19.7 Å². The van der Waals surface area contributed by atoms with E-state index in [4.69, 9.17) is 9.26 Å². The van der Waals surface area contributed by atoms with E-state index in [2.05, 4.69) is 21.2 Å². The highest BCUT2D eigenvalue weighted by atomic mass is 19.4. The number of aromatic nitrogens is 4. The van der Waals surface area contributed by atoms with Crippen LogP contribution in [-0.2, 0) is 24.6 Å². The molecule has 1 unspecified atom stereocenters. The van der Waals surface area contributed by atoms with E-state index < -0.39 is 17.8 Å². The Morgan fingerprint density at radius 1 is 1.05 bits per heavy atom. The van der Waals surface area contributed by atoms with Gasteiger partial charge in [-0.05, 0) is 53.9 Å². The Balaban J connectivity index is 1.46. The first-order valence-electron chi connectivity index (χ1n) is 11.9. The first kappa shape index (κ1) is 25.9. The number of ether oxygens (including phenoxy) is 1. The number of hydrogen-bond acceptors (Lipinski definition) is 6. The number of benzene rings is 3. The molecular weight excluding hydrogens is 507 g/mol. The van der Waals surface area contributed by atoms with Crippen LogP contribution in [0.15, 0.2) is 83.8 Å². The summed E-state index contributed by atoms with van der Waals surface area (Å²) in [7, 11) is 1.84. The monoisotopic (exact) mass is 529 g/mol. The SMILES string of the molecule is Cc1ccccc1-c1cc(C(OCc2noc(-c3cccc(C(F)(F)F)c3)n2)c2cncn2C)ccc1C#N. The molecule has 0 radical (unpaired) electrons. The van der Waals surface area contributed by atoms with Crippen molar-refractivity contribution in [3.8, 4) is 28.7 Å². The molecule has 10 heteroatoms. The molecule has 0 N–H and O–H groups in total. The summed E-state index contributed by atoms with van der Waals surface area (Å²) in [5.41, 5.74) is 4.13. The van der Waals surface area contributed by atoms with Crippen molar-refractivity contribution in [3.63, 3.8) is 0 Å². The summed E-state index contributed by atoms with van der Waals surface area (Å²) in [5.74, 6) is 0.124. The Morgan fingerprint density at radius 3 is 2.59 bits per heavy atom. The lowest BCUT2D eigenvalue weighted by Crippen LogP contribution is -2.11. The molecule has 0 aliphatic carbocycles. The van der Waals surface area contributed by atoms with Crippen molar-refractivity contribution in [1.82, 2.24) is 19.7 Å². The minimum Gasteiger partial charge on any atom is -0.359 e. The molecular formula is C29H22F3N5O2. The van der Waals surface area contributed by atoms with E-state index in [1.54, 1.807) is 18.6 Å². The number of nitrogens with zero attached hydrogens (tertiary/aromatic N) is 5. The minimum absolute atomic E-state index is 0.0444. The summed E-state index contributed by atoms with van der Waals surface area (Å²) in [6.07, 6.45) is -1.77. The second-order valence-electron chi connectivity index (χ2n) is 8.95. The van der Waals surface area contributed by atoms with Gasteiger partial charge in [0.05, 0.1) is 35.4 Å². The van der Waals surface area contributed by atoms with E-state index in [9.17, 15) is 18.4 Å². The van der Waals surface area contributed by atoms with Gasteiger partial charge in [-0.3, -0.25) is 0 Å². The molecule has 5 rings (SSSR count). The highest BCUT2D eigenvalue weighted by Crippen LogP contribution is 2.34. The minimum atomic E-state index is -4.49. The van der Waals surface area contributed by atoms with Gasteiger partial charge < -0.3 is 13.8 Å². The molecule has 2 heterocycles. The number of hydrogen-bond donors (Lipinski definition) is 0. The van der Waals surface area contributed by atoms with Crippen LogP contribution in [0.4, 0.5) is 13.2 Å². The van der Waals surface area contributed by atoms with Crippen LogP contribution in [0.1, 0.15) is 39.9 Å². The second kappa shape index (κ2) is 10.6. The summed E-state index contributed by atoms with van der Waals surface area (Å²) < 4.78 is 52.7. The molecule has 0 saturated carbocycles. The Bertz CT molecular complexity index is 1670. The van der Waals surface area contributed by atoms with Gasteiger partial charge in [-0.1, -0.05) is 41.6 Å². The molecule has 3 aromatic carbocycles. The summed E-state index contributed by atoms with van der Waals surface area (Å²) in [5, 5.41) is 13.7. The van der Waals surface area contributed by atoms with Crippen LogP contribution in [0.3, 0.4) is 0 Å². The highest BCUT2D eigenvalue weighted by Gasteiger charge is 2.31. The third-order valence-electron chi connectivity index (χ3n) is 6.31. The van der Waals surface area contributed by atoms with Crippen molar-refractivity contribution in [1.29, 1.82) is 5.26 Å². The molecule has 39 heavy (non-hydrogen) atoms. The van der Waals surface area contributed by atoms with E-state index in [0.29, 0.717) is 5.56 Å². The third kappa shape index (κ3) is 5.44. The molecule has 2 aromatic heterocycles. The fourth-order valence-corrected chi connectivity index (χ4v) is 4.31. The van der Waals surface area contributed by atoms with Crippen molar-refractivity contribution in [2.75, 3.05) is 0 Å². The van der Waals surface area contributed by atoms with Gasteiger partial charge in [-0.2, -0.15) is 23.4 Å². The van der Waals surface area contributed by atoms with E-state index in [0.717, 1.165) is 40.1 Å².